The molecule has 1 aliphatic heterocycles. The van der Waals surface area contributed by atoms with Crippen molar-refractivity contribution in [1.82, 2.24) is 9.80 Å². The Kier molecular flexibility index (Phi) is 4.14. The Morgan fingerprint density at radius 2 is 1.95 bits per heavy atom. The average molecular weight is 290 g/mol. The Labute approximate surface area is 127 Å². The largest absolute Gasteiger partial charge is 0.399 e. The van der Waals surface area contributed by atoms with Crippen molar-refractivity contribution in [2.45, 2.75) is 19.4 Å². The summed E-state index contributed by atoms with van der Waals surface area (Å²) in [5, 5.41) is 0. The van der Waals surface area contributed by atoms with Gasteiger partial charge in [0.15, 0.2) is 0 Å². The van der Waals surface area contributed by atoms with E-state index in [1.165, 1.54) is 0 Å². The van der Waals surface area contributed by atoms with E-state index in [0.717, 1.165) is 30.9 Å². The maximum absolute atomic E-state index is 12.4. The zero-order valence-electron chi connectivity index (χ0n) is 13.7. The molecule has 1 heterocycles. The molecule has 0 atom stereocenters. The Hall–Kier alpha value is -1.75. The molecular formula is C16H26N4O. The van der Waals surface area contributed by atoms with Crippen molar-refractivity contribution in [3.05, 3.63) is 23.8 Å². The first kappa shape index (κ1) is 15.6. The monoisotopic (exact) mass is 290 g/mol. The van der Waals surface area contributed by atoms with Crippen LogP contribution in [0.5, 0.6) is 0 Å². The normalized spacial score (nSPS) is 18.6. The van der Waals surface area contributed by atoms with Gasteiger partial charge in [-0.3, -0.25) is 9.69 Å². The van der Waals surface area contributed by atoms with Crippen LogP contribution >= 0.6 is 0 Å². The lowest BCUT2D eigenvalue weighted by Gasteiger charge is -2.46. The summed E-state index contributed by atoms with van der Waals surface area (Å²) in [6, 6.07) is 5.54. The van der Waals surface area contributed by atoms with Crippen LogP contribution in [-0.4, -0.2) is 62.0 Å². The quantitative estimate of drug-likeness (QED) is 0.839. The van der Waals surface area contributed by atoms with Crippen LogP contribution in [0.2, 0.25) is 0 Å². The van der Waals surface area contributed by atoms with Gasteiger partial charge < -0.3 is 15.5 Å². The lowest BCUT2D eigenvalue weighted by Crippen LogP contribution is -2.58. The highest BCUT2D eigenvalue weighted by molar-refractivity contribution is 6.00. The number of rotatable bonds is 2. The van der Waals surface area contributed by atoms with Crippen LogP contribution in [0.15, 0.2) is 18.2 Å². The van der Waals surface area contributed by atoms with Gasteiger partial charge in [0.1, 0.15) is 0 Å². The summed E-state index contributed by atoms with van der Waals surface area (Å²) in [5.74, 6) is 0.0155. The van der Waals surface area contributed by atoms with Crippen LogP contribution in [0.3, 0.4) is 0 Å². The van der Waals surface area contributed by atoms with E-state index in [2.05, 4.69) is 30.7 Å². The standard InChI is InChI=1S/C16H26N4O/c1-16(2)11-20(9-8-19(16)5)14-10-12(17)6-7-13(14)15(21)18(3)4/h6-7,10H,8-9,11,17H2,1-5H3. The zero-order chi connectivity index (χ0) is 15.8. The van der Waals surface area contributed by atoms with Crippen molar-refractivity contribution < 1.29 is 4.79 Å². The highest BCUT2D eigenvalue weighted by Crippen LogP contribution is 2.29. The van der Waals surface area contributed by atoms with E-state index in [-0.39, 0.29) is 11.4 Å². The number of amides is 1. The molecule has 0 unspecified atom stereocenters. The van der Waals surface area contributed by atoms with Crippen LogP contribution in [0.1, 0.15) is 24.2 Å². The minimum Gasteiger partial charge on any atom is -0.399 e. The van der Waals surface area contributed by atoms with Crippen molar-refractivity contribution in [3.63, 3.8) is 0 Å². The maximum Gasteiger partial charge on any atom is 0.255 e. The summed E-state index contributed by atoms with van der Waals surface area (Å²) >= 11 is 0. The molecule has 1 saturated heterocycles. The number of hydrogen-bond acceptors (Lipinski definition) is 4. The molecule has 2 rings (SSSR count). The second-order valence-electron chi connectivity index (χ2n) is 6.63. The van der Waals surface area contributed by atoms with E-state index < -0.39 is 0 Å². The van der Waals surface area contributed by atoms with Crippen molar-refractivity contribution in [2.75, 3.05) is 51.4 Å². The molecule has 0 bridgehead atoms. The van der Waals surface area contributed by atoms with E-state index in [4.69, 9.17) is 5.73 Å². The molecular weight excluding hydrogens is 264 g/mol. The maximum atomic E-state index is 12.4. The molecule has 5 nitrogen and oxygen atoms in total. The Balaban J connectivity index is 2.39. The molecule has 1 fully saturated rings. The number of anilines is 2. The van der Waals surface area contributed by atoms with Crippen molar-refractivity contribution in [3.8, 4) is 0 Å². The predicted molar refractivity (Wildman–Crippen MR) is 87.8 cm³/mol. The summed E-state index contributed by atoms with van der Waals surface area (Å²) in [4.78, 5) is 18.6. The van der Waals surface area contributed by atoms with Gasteiger partial charge in [0.05, 0.1) is 11.3 Å². The molecule has 0 saturated carbocycles. The first-order valence-corrected chi connectivity index (χ1v) is 7.30. The smallest absolute Gasteiger partial charge is 0.255 e. The number of benzene rings is 1. The van der Waals surface area contributed by atoms with E-state index >= 15 is 0 Å². The fourth-order valence-electron chi connectivity index (χ4n) is 2.68. The molecule has 1 aliphatic rings. The van der Waals surface area contributed by atoms with Gasteiger partial charge in [-0.1, -0.05) is 0 Å². The molecule has 0 aliphatic carbocycles. The van der Waals surface area contributed by atoms with Crippen molar-refractivity contribution >= 4 is 17.3 Å². The fourth-order valence-corrected chi connectivity index (χ4v) is 2.68. The summed E-state index contributed by atoms with van der Waals surface area (Å²) in [6.45, 7) is 7.19. The van der Waals surface area contributed by atoms with E-state index in [1.807, 2.05) is 12.1 Å². The average Bonchev–Trinajstić information content (AvgIpc) is 2.41. The number of hydrogen-bond donors (Lipinski definition) is 1. The fraction of sp³-hybridized carbons (Fsp3) is 0.562. The Morgan fingerprint density at radius 1 is 1.29 bits per heavy atom. The van der Waals surface area contributed by atoms with Gasteiger partial charge in [0.2, 0.25) is 0 Å². The SMILES string of the molecule is CN(C)C(=O)c1ccc(N)cc1N1CCN(C)C(C)(C)C1. The molecule has 1 amide bonds. The zero-order valence-corrected chi connectivity index (χ0v) is 13.7. The Bertz CT molecular complexity index is 539. The van der Waals surface area contributed by atoms with Crippen LogP contribution < -0.4 is 10.6 Å². The van der Waals surface area contributed by atoms with Gasteiger partial charge in [0, 0.05) is 45.0 Å². The minimum absolute atomic E-state index is 0.0155. The first-order valence-electron chi connectivity index (χ1n) is 7.30. The lowest BCUT2D eigenvalue weighted by molar-refractivity contribution is 0.0827. The summed E-state index contributed by atoms with van der Waals surface area (Å²) in [6.07, 6.45) is 0. The number of piperazine rings is 1. The molecule has 0 aromatic heterocycles. The van der Waals surface area contributed by atoms with Gasteiger partial charge in [0.25, 0.3) is 5.91 Å². The van der Waals surface area contributed by atoms with Crippen LogP contribution in [-0.2, 0) is 0 Å². The van der Waals surface area contributed by atoms with Gasteiger partial charge in [-0.25, -0.2) is 0 Å². The molecule has 5 heteroatoms. The van der Waals surface area contributed by atoms with E-state index in [9.17, 15) is 4.79 Å². The van der Waals surface area contributed by atoms with E-state index in [0.29, 0.717) is 5.69 Å². The topological polar surface area (TPSA) is 52.8 Å². The van der Waals surface area contributed by atoms with Crippen molar-refractivity contribution in [2.24, 2.45) is 0 Å². The lowest BCUT2D eigenvalue weighted by atomic mass is 9.98. The number of carbonyl (C=O) groups excluding carboxylic acids is 1. The van der Waals surface area contributed by atoms with Gasteiger partial charge in [-0.15, -0.1) is 0 Å². The summed E-state index contributed by atoms with van der Waals surface area (Å²) in [7, 11) is 5.69. The van der Waals surface area contributed by atoms with Gasteiger partial charge in [-0.2, -0.15) is 0 Å². The van der Waals surface area contributed by atoms with E-state index in [1.54, 1.807) is 25.1 Å². The number of nitrogens with zero attached hydrogens (tertiary/aromatic N) is 3. The molecule has 0 spiro atoms. The van der Waals surface area contributed by atoms with Crippen LogP contribution in [0.25, 0.3) is 0 Å². The predicted octanol–water partition coefficient (Wildman–Crippen LogP) is 1.50. The third-order valence-electron chi connectivity index (χ3n) is 4.32. The molecule has 1 aromatic carbocycles. The van der Waals surface area contributed by atoms with Gasteiger partial charge >= 0.3 is 0 Å². The Morgan fingerprint density at radius 3 is 2.52 bits per heavy atom. The molecule has 0 radical (unpaired) electrons. The highest BCUT2D eigenvalue weighted by atomic mass is 16.2. The number of likely N-dealkylation sites (N-methyl/N-ethyl adjacent to an activating group) is 1. The molecule has 1 aromatic rings. The van der Waals surface area contributed by atoms with Crippen LogP contribution in [0.4, 0.5) is 11.4 Å². The first-order chi connectivity index (χ1) is 9.72. The summed E-state index contributed by atoms with van der Waals surface area (Å²) in [5.41, 5.74) is 8.36. The summed E-state index contributed by atoms with van der Waals surface area (Å²) < 4.78 is 0. The number of nitrogen functional groups attached to an aromatic ring is 1. The second kappa shape index (κ2) is 5.56. The molecule has 21 heavy (non-hydrogen) atoms. The van der Waals surface area contributed by atoms with Crippen LogP contribution in [0, 0.1) is 0 Å². The number of carbonyl (C=O) groups is 1. The van der Waals surface area contributed by atoms with Crippen molar-refractivity contribution in [1.29, 1.82) is 0 Å². The third kappa shape index (κ3) is 3.13. The second-order valence-corrected chi connectivity index (χ2v) is 6.63. The molecule has 2 N–H and O–H groups in total. The van der Waals surface area contributed by atoms with Gasteiger partial charge in [-0.05, 0) is 39.1 Å². The number of nitrogens with two attached hydrogens (primary N) is 1. The minimum atomic E-state index is 0.0155. The highest BCUT2D eigenvalue weighted by Gasteiger charge is 2.32. The molecule has 116 valence electrons. The third-order valence-corrected chi connectivity index (χ3v) is 4.32.